The molecule has 5 heteroatoms. The minimum Gasteiger partial charge on any atom is -0.326 e. The molecule has 0 unspecified atom stereocenters. The van der Waals surface area contributed by atoms with Crippen LogP contribution in [0.3, 0.4) is 0 Å². The quantitative estimate of drug-likeness (QED) is 0.776. The van der Waals surface area contributed by atoms with E-state index in [1.54, 1.807) is 24.3 Å². The highest BCUT2D eigenvalue weighted by molar-refractivity contribution is 5.97. The average Bonchev–Trinajstić information content (AvgIpc) is 2.79. The minimum atomic E-state index is -0.0592. The van der Waals surface area contributed by atoms with Gasteiger partial charge in [0.25, 0.3) is 0 Å². The number of nitrogens with one attached hydrogen (secondary N) is 1. The van der Waals surface area contributed by atoms with Crippen LogP contribution < -0.4 is 5.32 Å². The fourth-order valence-corrected chi connectivity index (χ4v) is 2.90. The SMILES string of the molecule is CC(=O)c1cccc(NC(=O)CCc2c(C)nn(CC(C)C)c2C)c1. The summed E-state index contributed by atoms with van der Waals surface area (Å²) in [5, 5.41) is 7.46. The van der Waals surface area contributed by atoms with E-state index in [1.165, 1.54) is 6.92 Å². The van der Waals surface area contributed by atoms with Gasteiger partial charge in [-0.3, -0.25) is 14.3 Å². The zero-order valence-corrected chi connectivity index (χ0v) is 15.7. The predicted molar refractivity (Wildman–Crippen MR) is 99.9 cm³/mol. The molecule has 1 N–H and O–H groups in total. The van der Waals surface area contributed by atoms with E-state index in [0.717, 1.165) is 23.5 Å². The zero-order valence-electron chi connectivity index (χ0n) is 15.7. The van der Waals surface area contributed by atoms with Crippen molar-refractivity contribution in [3.8, 4) is 0 Å². The first-order chi connectivity index (χ1) is 11.8. The molecule has 134 valence electrons. The van der Waals surface area contributed by atoms with E-state index in [-0.39, 0.29) is 11.7 Å². The van der Waals surface area contributed by atoms with Crippen LogP contribution in [0.1, 0.15) is 54.5 Å². The van der Waals surface area contributed by atoms with Crippen LogP contribution in [0.15, 0.2) is 24.3 Å². The Kier molecular flexibility index (Phi) is 6.12. The van der Waals surface area contributed by atoms with Crippen LogP contribution in [0.4, 0.5) is 5.69 Å². The van der Waals surface area contributed by atoms with Crippen molar-refractivity contribution in [3.05, 3.63) is 46.8 Å². The molecule has 0 aliphatic carbocycles. The van der Waals surface area contributed by atoms with Crippen molar-refractivity contribution in [1.29, 1.82) is 0 Å². The van der Waals surface area contributed by atoms with E-state index in [1.807, 2.05) is 11.6 Å². The molecule has 0 fully saturated rings. The van der Waals surface area contributed by atoms with Gasteiger partial charge < -0.3 is 5.32 Å². The number of Topliss-reactive ketones (excluding diaryl/α,β-unsaturated/α-hetero) is 1. The second kappa shape index (κ2) is 8.10. The van der Waals surface area contributed by atoms with Gasteiger partial charge >= 0.3 is 0 Å². The Morgan fingerprint density at radius 3 is 2.60 bits per heavy atom. The molecule has 5 nitrogen and oxygen atoms in total. The molecule has 1 amide bonds. The lowest BCUT2D eigenvalue weighted by molar-refractivity contribution is -0.116. The number of anilines is 1. The van der Waals surface area contributed by atoms with Crippen LogP contribution in [0.5, 0.6) is 0 Å². The lowest BCUT2D eigenvalue weighted by Crippen LogP contribution is -2.13. The highest BCUT2D eigenvalue weighted by Crippen LogP contribution is 2.17. The van der Waals surface area contributed by atoms with Crippen LogP contribution in [0.25, 0.3) is 0 Å². The Labute approximate surface area is 149 Å². The monoisotopic (exact) mass is 341 g/mol. The number of hydrogen-bond donors (Lipinski definition) is 1. The maximum Gasteiger partial charge on any atom is 0.224 e. The lowest BCUT2D eigenvalue weighted by atomic mass is 10.1. The van der Waals surface area contributed by atoms with E-state index < -0.39 is 0 Å². The smallest absolute Gasteiger partial charge is 0.224 e. The number of carbonyl (C=O) groups excluding carboxylic acids is 2. The third kappa shape index (κ3) is 5.02. The first-order valence-electron chi connectivity index (χ1n) is 8.71. The fourth-order valence-electron chi connectivity index (χ4n) is 2.90. The molecule has 0 saturated heterocycles. The number of aromatic nitrogens is 2. The van der Waals surface area contributed by atoms with E-state index in [0.29, 0.717) is 30.0 Å². The summed E-state index contributed by atoms with van der Waals surface area (Å²) < 4.78 is 2.03. The van der Waals surface area contributed by atoms with Crippen molar-refractivity contribution in [2.45, 2.75) is 54.0 Å². The van der Waals surface area contributed by atoms with Gasteiger partial charge in [-0.05, 0) is 50.8 Å². The van der Waals surface area contributed by atoms with Crippen molar-refractivity contribution in [2.75, 3.05) is 5.32 Å². The highest BCUT2D eigenvalue weighted by atomic mass is 16.1. The van der Waals surface area contributed by atoms with Gasteiger partial charge in [0.1, 0.15) is 0 Å². The standard InChI is InChI=1S/C20H27N3O2/c1-13(2)12-23-15(4)19(14(3)22-23)9-10-20(25)21-18-8-6-7-17(11-18)16(5)24/h6-8,11,13H,9-10,12H2,1-5H3,(H,21,25). The Hall–Kier alpha value is -2.43. The number of benzene rings is 1. The van der Waals surface area contributed by atoms with Gasteiger partial charge in [0, 0.05) is 29.9 Å². The molecular weight excluding hydrogens is 314 g/mol. The number of nitrogens with zero attached hydrogens (tertiary/aromatic N) is 2. The Morgan fingerprint density at radius 1 is 1.24 bits per heavy atom. The first-order valence-corrected chi connectivity index (χ1v) is 8.71. The van der Waals surface area contributed by atoms with Gasteiger partial charge in [0.15, 0.2) is 5.78 Å². The topological polar surface area (TPSA) is 64.0 Å². The van der Waals surface area contributed by atoms with Crippen LogP contribution >= 0.6 is 0 Å². The molecule has 2 aromatic rings. The Bertz CT molecular complexity index is 775. The van der Waals surface area contributed by atoms with Gasteiger partial charge in [0.2, 0.25) is 5.91 Å². The second-order valence-corrected chi connectivity index (χ2v) is 6.91. The van der Waals surface area contributed by atoms with Gasteiger partial charge in [-0.15, -0.1) is 0 Å². The normalized spacial score (nSPS) is 11.0. The number of aryl methyl sites for hydroxylation is 1. The number of ketones is 1. The molecule has 0 aliphatic rings. The summed E-state index contributed by atoms with van der Waals surface area (Å²) >= 11 is 0. The first kappa shape index (κ1) is 18.9. The van der Waals surface area contributed by atoms with Crippen LogP contribution in [0.2, 0.25) is 0 Å². The number of rotatable bonds is 7. The molecule has 0 spiro atoms. The summed E-state index contributed by atoms with van der Waals surface area (Å²) in [6, 6.07) is 7.02. The Morgan fingerprint density at radius 2 is 1.96 bits per heavy atom. The summed E-state index contributed by atoms with van der Waals surface area (Å²) in [5.74, 6) is 0.457. The largest absolute Gasteiger partial charge is 0.326 e. The van der Waals surface area contributed by atoms with E-state index in [2.05, 4.69) is 31.2 Å². The molecular formula is C20H27N3O2. The third-order valence-electron chi connectivity index (χ3n) is 4.22. The molecule has 1 heterocycles. The van der Waals surface area contributed by atoms with Gasteiger partial charge in [-0.2, -0.15) is 5.10 Å². The zero-order chi connectivity index (χ0) is 18.6. The molecule has 1 aromatic carbocycles. The fraction of sp³-hybridized carbons (Fsp3) is 0.450. The highest BCUT2D eigenvalue weighted by Gasteiger charge is 2.14. The molecule has 0 saturated carbocycles. The second-order valence-electron chi connectivity index (χ2n) is 6.91. The van der Waals surface area contributed by atoms with E-state index in [4.69, 9.17) is 0 Å². The van der Waals surface area contributed by atoms with Crippen molar-refractivity contribution in [3.63, 3.8) is 0 Å². The van der Waals surface area contributed by atoms with Crippen LogP contribution in [0, 0.1) is 19.8 Å². The average molecular weight is 341 g/mol. The molecule has 2 rings (SSSR count). The van der Waals surface area contributed by atoms with Gasteiger partial charge in [-0.1, -0.05) is 26.0 Å². The summed E-state index contributed by atoms with van der Waals surface area (Å²) in [4.78, 5) is 23.7. The number of amides is 1. The van der Waals surface area contributed by atoms with Crippen molar-refractivity contribution < 1.29 is 9.59 Å². The maximum absolute atomic E-state index is 12.3. The summed E-state index contributed by atoms with van der Waals surface area (Å²) in [7, 11) is 0. The summed E-state index contributed by atoms with van der Waals surface area (Å²) in [6.45, 7) is 10.8. The number of hydrogen-bond acceptors (Lipinski definition) is 3. The van der Waals surface area contributed by atoms with Crippen LogP contribution in [-0.2, 0) is 17.8 Å². The predicted octanol–water partition coefficient (Wildman–Crippen LogP) is 3.93. The molecule has 25 heavy (non-hydrogen) atoms. The van der Waals surface area contributed by atoms with Crippen LogP contribution in [-0.4, -0.2) is 21.5 Å². The van der Waals surface area contributed by atoms with E-state index in [9.17, 15) is 9.59 Å². The molecule has 0 atom stereocenters. The van der Waals surface area contributed by atoms with Crippen molar-refractivity contribution in [1.82, 2.24) is 9.78 Å². The summed E-state index contributed by atoms with van der Waals surface area (Å²) in [5.41, 5.74) is 4.52. The van der Waals surface area contributed by atoms with Gasteiger partial charge in [-0.25, -0.2) is 0 Å². The third-order valence-corrected chi connectivity index (χ3v) is 4.22. The molecule has 1 aromatic heterocycles. The molecule has 0 bridgehead atoms. The maximum atomic E-state index is 12.3. The Balaban J connectivity index is 2.00. The van der Waals surface area contributed by atoms with Crippen molar-refractivity contribution >= 4 is 17.4 Å². The summed E-state index contributed by atoms with van der Waals surface area (Å²) in [6.07, 6.45) is 1.05. The van der Waals surface area contributed by atoms with Crippen molar-refractivity contribution in [2.24, 2.45) is 5.92 Å². The molecule has 0 aliphatic heterocycles. The minimum absolute atomic E-state index is 0.0140. The lowest BCUT2D eigenvalue weighted by Gasteiger charge is -2.09. The van der Waals surface area contributed by atoms with E-state index >= 15 is 0 Å². The molecule has 0 radical (unpaired) electrons. The van der Waals surface area contributed by atoms with Gasteiger partial charge in [0.05, 0.1) is 5.69 Å². The number of carbonyl (C=O) groups is 2.